The Labute approximate surface area is 160 Å². The van der Waals surface area contributed by atoms with E-state index in [9.17, 15) is 29.6 Å². The van der Waals surface area contributed by atoms with Gasteiger partial charge in [0.2, 0.25) is 5.91 Å². The van der Waals surface area contributed by atoms with Gasteiger partial charge in [-0.3, -0.25) is 9.59 Å². The summed E-state index contributed by atoms with van der Waals surface area (Å²) < 4.78 is -1.34. The van der Waals surface area contributed by atoms with Gasteiger partial charge in [-0.2, -0.15) is 12.6 Å². The summed E-state index contributed by atoms with van der Waals surface area (Å²) in [6, 6.07) is 5.14. The van der Waals surface area contributed by atoms with Crippen molar-refractivity contribution in [2.75, 3.05) is 6.54 Å². The lowest BCUT2D eigenvalue weighted by Crippen LogP contribution is -2.49. The number of thiol groups is 1. The zero-order valence-corrected chi connectivity index (χ0v) is 15.6. The number of likely N-dealkylation sites (tertiary alicyclic amines) is 1. The number of hydrogen-bond donors (Lipinski definition) is 2. The Morgan fingerprint density at radius 1 is 1.37 bits per heavy atom. The lowest BCUT2D eigenvalue weighted by atomic mass is 9.96. The number of carbonyl (C=O) groups excluding carboxylic acids is 2. The third kappa shape index (κ3) is 5.19. The Morgan fingerprint density at radius 2 is 2.00 bits per heavy atom. The van der Waals surface area contributed by atoms with Crippen LogP contribution in [0.25, 0.3) is 0 Å². The Balaban J connectivity index is 2.03. The molecule has 1 N–H and O–H groups in total. The lowest BCUT2D eigenvalue weighted by molar-refractivity contribution is -0.763. The normalized spacial score (nSPS) is 18.6. The van der Waals surface area contributed by atoms with E-state index < -0.39 is 27.8 Å². The molecule has 1 aromatic rings. The monoisotopic (exact) mass is 396 g/mol. The molecule has 10 heteroatoms. The quantitative estimate of drug-likeness (QED) is 0.296. The summed E-state index contributed by atoms with van der Waals surface area (Å²) in [6.07, 6.45) is 0.767. The number of aliphatic carboxylic acids is 1. The van der Waals surface area contributed by atoms with E-state index in [1.54, 1.807) is 0 Å². The molecule has 2 rings (SSSR count). The van der Waals surface area contributed by atoms with E-state index in [0.717, 1.165) is 0 Å². The van der Waals surface area contributed by atoms with Crippen molar-refractivity contribution in [3.63, 3.8) is 0 Å². The standard InChI is InChI=1S/C17H20N2O7S/c1-17(27,16(23)18-8-2-3-13(18)15(21)22)9-14(20)12-6-4-11(5-7-12)10-26-19(24)25/h4-7,13,27H,2-3,8-10H2,1H3,(H,21,22)/t13-,17-/m0/s1. The van der Waals surface area contributed by atoms with Gasteiger partial charge in [0.15, 0.2) is 5.78 Å². The zero-order valence-electron chi connectivity index (χ0n) is 14.7. The number of carboxylic acids is 1. The Morgan fingerprint density at radius 3 is 2.56 bits per heavy atom. The molecule has 0 saturated carbocycles. The molecule has 0 radical (unpaired) electrons. The van der Waals surface area contributed by atoms with Crippen molar-refractivity contribution in [2.45, 2.75) is 43.6 Å². The third-order valence-corrected chi connectivity index (χ3v) is 4.73. The average Bonchev–Trinajstić information content (AvgIpc) is 3.09. The molecule has 0 bridgehead atoms. The molecule has 1 aliphatic rings. The van der Waals surface area contributed by atoms with Crippen LogP contribution in [0.1, 0.15) is 42.1 Å². The number of nitrogens with zero attached hydrogens (tertiary/aromatic N) is 2. The van der Waals surface area contributed by atoms with Gasteiger partial charge in [0.25, 0.3) is 5.09 Å². The number of hydrogen-bond acceptors (Lipinski definition) is 7. The molecule has 2 atom stereocenters. The second-order valence-corrected chi connectivity index (χ2v) is 7.55. The molecule has 1 amide bonds. The molecule has 9 nitrogen and oxygen atoms in total. The number of ketones is 1. The summed E-state index contributed by atoms with van der Waals surface area (Å²) in [6.45, 7) is 1.59. The second-order valence-electron chi connectivity index (χ2n) is 6.56. The summed E-state index contributed by atoms with van der Waals surface area (Å²) in [5.74, 6) is -1.89. The van der Waals surface area contributed by atoms with Crippen LogP contribution in [-0.4, -0.2) is 50.1 Å². The van der Waals surface area contributed by atoms with Crippen molar-refractivity contribution in [2.24, 2.45) is 0 Å². The summed E-state index contributed by atoms with van der Waals surface area (Å²) in [7, 11) is 0. The first-order chi connectivity index (χ1) is 12.6. The van der Waals surface area contributed by atoms with E-state index in [-0.39, 0.29) is 18.8 Å². The van der Waals surface area contributed by atoms with Crippen molar-refractivity contribution in [3.05, 3.63) is 45.5 Å². The van der Waals surface area contributed by atoms with Crippen molar-refractivity contribution >= 4 is 30.3 Å². The maximum Gasteiger partial charge on any atom is 0.326 e. The first-order valence-corrected chi connectivity index (χ1v) is 8.72. The van der Waals surface area contributed by atoms with Crippen molar-refractivity contribution in [3.8, 4) is 0 Å². The summed E-state index contributed by atoms with van der Waals surface area (Å²) in [5, 5.41) is 18.5. The molecule has 1 aliphatic heterocycles. The average molecular weight is 396 g/mol. The predicted molar refractivity (Wildman–Crippen MR) is 96.9 cm³/mol. The van der Waals surface area contributed by atoms with Gasteiger partial charge in [-0.05, 0) is 25.3 Å². The van der Waals surface area contributed by atoms with E-state index in [0.29, 0.717) is 30.5 Å². The lowest BCUT2D eigenvalue weighted by Gasteiger charge is -2.30. The van der Waals surface area contributed by atoms with Crippen LogP contribution in [0.2, 0.25) is 0 Å². The molecule has 0 aromatic heterocycles. The minimum atomic E-state index is -1.34. The molecule has 146 valence electrons. The molecule has 27 heavy (non-hydrogen) atoms. The van der Waals surface area contributed by atoms with Crippen molar-refractivity contribution in [1.82, 2.24) is 4.90 Å². The number of carbonyl (C=O) groups is 3. The van der Waals surface area contributed by atoms with Gasteiger partial charge >= 0.3 is 5.97 Å². The second kappa shape index (κ2) is 8.38. The van der Waals surface area contributed by atoms with E-state index >= 15 is 0 Å². The molecular weight excluding hydrogens is 376 g/mol. The Kier molecular flexibility index (Phi) is 6.42. The van der Waals surface area contributed by atoms with Gasteiger partial charge in [-0.1, -0.05) is 24.3 Å². The smallest absolute Gasteiger partial charge is 0.326 e. The van der Waals surface area contributed by atoms with Gasteiger partial charge in [-0.25, -0.2) is 4.79 Å². The minimum Gasteiger partial charge on any atom is -0.480 e. The summed E-state index contributed by atoms with van der Waals surface area (Å²) >= 11 is 4.33. The van der Waals surface area contributed by atoms with Crippen molar-refractivity contribution in [1.29, 1.82) is 0 Å². The van der Waals surface area contributed by atoms with Crippen LogP contribution in [0.5, 0.6) is 0 Å². The fourth-order valence-electron chi connectivity index (χ4n) is 2.98. The molecule has 0 spiro atoms. The molecule has 1 heterocycles. The van der Waals surface area contributed by atoms with Gasteiger partial charge < -0.3 is 14.8 Å². The number of carboxylic acid groups (broad SMARTS) is 1. The molecule has 0 aliphatic carbocycles. The summed E-state index contributed by atoms with van der Waals surface area (Å²) in [5.41, 5.74) is 0.846. The van der Waals surface area contributed by atoms with E-state index in [1.807, 2.05) is 0 Å². The molecule has 1 saturated heterocycles. The van der Waals surface area contributed by atoms with E-state index in [2.05, 4.69) is 17.5 Å². The first kappa shape index (κ1) is 20.7. The number of amides is 1. The number of benzene rings is 1. The highest BCUT2D eigenvalue weighted by molar-refractivity contribution is 7.82. The SMILES string of the molecule is C[C@](S)(CC(=O)c1ccc(CO[N+](=O)[O-])cc1)C(=O)N1CCC[C@H]1C(=O)O. The largest absolute Gasteiger partial charge is 0.480 e. The van der Waals surface area contributed by atoms with E-state index in [1.165, 1.54) is 36.1 Å². The zero-order chi connectivity index (χ0) is 20.2. The van der Waals surface area contributed by atoms with Gasteiger partial charge in [0.05, 0.1) is 4.75 Å². The first-order valence-electron chi connectivity index (χ1n) is 8.27. The maximum absolute atomic E-state index is 12.7. The van der Waals surface area contributed by atoms with Crippen LogP contribution < -0.4 is 0 Å². The van der Waals surface area contributed by atoms with Gasteiger partial charge in [0.1, 0.15) is 12.6 Å². The highest BCUT2D eigenvalue weighted by Gasteiger charge is 2.42. The fraction of sp³-hybridized carbons (Fsp3) is 0.471. The van der Waals surface area contributed by atoms with Crippen molar-refractivity contribution < 1.29 is 29.4 Å². The highest BCUT2D eigenvalue weighted by Crippen LogP contribution is 2.29. The van der Waals surface area contributed by atoms with Gasteiger partial charge in [0, 0.05) is 18.5 Å². The Bertz CT molecular complexity index is 748. The number of rotatable bonds is 8. The van der Waals surface area contributed by atoms with Crippen LogP contribution in [0.15, 0.2) is 24.3 Å². The van der Waals surface area contributed by atoms with Crippen LogP contribution in [0, 0.1) is 10.1 Å². The Hall–Kier alpha value is -2.62. The van der Waals surface area contributed by atoms with Gasteiger partial charge in [-0.15, -0.1) is 10.1 Å². The van der Waals surface area contributed by atoms with Crippen LogP contribution >= 0.6 is 12.6 Å². The molecule has 1 aromatic carbocycles. The third-order valence-electron chi connectivity index (χ3n) is 4.38. The minimum absolute atomic E-state index is 0.206. The van der Waals surface area contributed by atoms with Crippen LogP contribution in [0.3, 0.4) is 0 Å². The molecule has 1 fully saturated rings. The maximum atomic E-state index is 12.7. The highest BCUT2D eigenvalue weighted by atomic mass is 32.1. The van der Waals surface area contributed by atoms with E-state index in [4.69, 9.17) is 0 Å². The molecular formula is C17H20N2O7S. The fourth-order valence-corrected chi connectivity index (χ4v) is 3.25. The van der Waals surface area contributed by atoms with Crippen LogP contribution in [-0.2, 0) is 21.0 Å². The molecule has 0 unspecified atom stereocenters. The number of Topliss-reactive ketones (excluding diaryl/α,β-unsaturated/α-hetero) is 1. The predicted octanol–water partition coefficient (Wildman–Crippen LogP) is 1.73. The summed E-state index contributed by atoms with van der Waals surface area (Å²) in [4.78, 5) is 52.2. The van der Waals surface area contributed by atoms with Crippen LogP contribution in [0.4, 0.5) is 0 Å². The topological polar surface area (TPSA) is 127 Å².